The molecule has 0 bridgehead atoms. The zero-order valence-corrected chi connectivity index (χ0v) is 14.5. The van der Waals surface area contributed by atoms with Gasteiger partial charge >= 0.3 is 5.97 Å². The Labute approximate surface area is 148 Å². The van der Waals surface area contributed by atoms with E-state index in [-0.39, 0.29) is 17.1 Å². The minimum Gasteiger partial charge on any atom is -0.478 e. The molecule has 3 heterocycles. The van der Waals surface area contributed by atoms with Gasteiger partial charge in [-0.15, -0.1) is 0 Å². The molecule has 9 nitrogen and oxygen atoms in total. The van der Waals surface area contributed by atoms with Gasteiger partial charge in [-0.25, -0.2) is 14.5 Å². The number of aromatic amines is 1. The Morgan fingerprint density at radius 1 is 1.35 bits per heavy atom. The number of aromatic nitrogens is 6. The van der Waals surface area contributed by atoms with Gasteiger partial charge in [0.1, 0.15) is 5.52 Å². The van der Waals surface area contributed by atoms with Crippen LogP contribution in [0.2, 0.25) is 0 Å². The van der Waals surface area contributed by atoms with Crippen molar-refractivity contribution in [3.63, 3.8) is 0 Å². The summed E-state index contributed by atoms with van der Waals surface area (Å²) < 4.78 is 3.02. The van der Waals surface area contributed by atoms with Crippen molar-refractivity contribution < 1.29 is 9.90 Å². The molecule has 0 saturated heterocycles. The summed E-state index contributed by atoms with van der Waals surface area (Å²) in [7, 11) is 0. The highest BCUT2D eigenvalue weighted by molar-refractivity contribution is 5.87. The molecule has 0 unspecified atom stereocenters. The quantitative estimate of drug-likeness (QED) is 0.737. The first-order valence-corrected chi connectivity index (χ1v) is 8.78. The number of H-pyrrole nitrogens is 1. The Kier molecular flexibility index (Phi) is 4.06. The van der Waals surface area contributed by atoms with E-state index in [1.165, 1.54) is 36.3 Å². The predicted molar refractivity (Wildman–Crippen MR) is 93.5 cm³/mol. The van der Waals surface area contributed by atoms with Gasteiger partial charge in [0.25, 0.3) is 5.56 Å². The van der Waals surface area contributed by atoms with E-state index in [1.54, 1.807) is 4.68 Å². The van der Waals surface area contributed by atoms with Crippen molar-refractivity contribution in [3.05, 3.63) is 34.0 Å². The van der Waals surface area contributed by atoms with Gasteiger partial charge < -0.3 is 5.11 Å². The fourth-order valence-corrected chi connectivity index (χ4v) is 3.63. The van der Waals surface area contributed by atoms with Crippen molar-refractivity contribution in [2.75, 3.05) is 0 Å². The van der Waals surface area contributed by atoms with Crippen LogP contribution >= 0.6 is 0 Å². The normalized spacial score (nSPS) is 15.6. The second kappa shape index (κ2) is 6.40. The molecule has 9 heteroatoms. The summed E-state index contributed by atoms with van der Waals surface area (Å²) in [5.41, 5.74) is 1.38. The number of carboxylic acids is 1. The lowest BCUT2D eigenvalue weighted by atomic mass is 9.89. The molecular formula is C17H20N6O3. The number of rotatable bonds is 4. The Balaban J connectivity index is 1.74. The highest BCUT2D eigenvalue weighted by Crippen LogP contribution is 2.26. The second-order valence-corrected chi connectivity index (χ2v) is 6.84. The van der Waals surface area contributed by atoms with E-state index in [9.17, 15) is 9.59 Å². The van der Waals surface area contributed by atoms with Gasteiger partial charge in [0, 0.05) is 12.7 Å². The van der Waals surface area contributed by atoms with Gasteiger partial charge in [0.2, 0.25) is 5.95 Å². The van der Waals surface area contributed by atoms with E-state index in [2.05, 4.69) is 20.2 Å². The number of aromatic carboxylic acids is 1. The molecule has 4 rings (SSSR count). The first-order valence-electron chi connectivity index (χ1n) is 8.78. The fraction of sp³-hybridized carbons (Fsp3) is 0.471. The molecule has 1 saturated carbocycles. The molecule has 0 aliphatic heterocycles. The lowest BCUT2D eigenvalue weighted by Crippen LogP contribution is -2.20. The number of aryl methyl sites for hydroxylation is 1. The van der Waals surface area contributed by atoms with Gasteiger partial charge in [0.15, 0.2) is 5.52 Å². The Morgan fingerprint density at radius 3 is 2.81 bits per heavy atom. The average molecular weight is 356 g/mol. The topological polar surface area (TPSA) is 119 Å². The van der Waals surface area contributed by atoms with E-state index in [0.717, 1.165) is 19.4 Å². The zero-order chi connectivity index (χ0) is 18.3. The average Bonchev–Trinajstić information content (AvgIpc) is 3.22. The van der Waals surface area contributed by atoms with Crippen LogP contribution in [0.1, 0.15) is 48.2 Å². The third kappa shape index (κ3) is 2.89. The number of hydrogen-bond acceptors (Lipinski definition) is 5. The SMILES string of the molecule is Cc1nn(CC2CCCCC2)c2c(=O)[nH]c(-n3cc(C(=O)O)cn3)nc12. The number of nitrogens with one attached hydrogen (secondary N) is 1. The molecule has 1 aliphatic carbocycles. The van der Waals surface area contributed by atoms with Crippen molar-refractivity contribution in [1.82, 2.24) is 29.5 Å². The summed E-state index contributed by atoms with van der Waals surface area (Å²) in [6, 6.07) is 0. The molecule has 136 valence electrons. The van der Waals surface area contributed by atoms with Crippen LogP contribution in [0.25, 0.3) is 17.0 Å². The van der Waals surface area contributed by atoms with Crippen molar-refractivity contribution in [3.8, 4) is 5.95 Å². The zero-order valence-electron chi connectivity index (χ0n) is 14.5. The smallest absolute Gasteiger partial charge is 0.338 e. The summed E-state index contributed by atoms with van der Waals surface area (Å²) in [5.74, 6) is -0.374. The van der Waals surface area contributed by atoms with Crippen molar-refractivity contribution in [1.29, 1.82) is 0 Å². The maximum absolute atomic E-state index is 12.7. The Bertz CT molecular complexity index is 1020. The third-order valence-electron chi connectivity index (χ3n) is 4.96. The summed E-state index contributed by atoms with van der Waals surface area (Å²) in [6.45, 7) is 2.54. The molecule has 0 spiro atoms. The summed E-state index contributed by atoms with van der Waals surface area (Å²) in [4.78, 5) is 30.8. The van der Waals surface area contributed by atoms with Crippen LogP contribution in [-0.4, -0.2) is 40.6 Å². The first-order chi connectivity index (χ1) is 12.5. The molecule has 0 atom stereocenters. The van der Waals surface area contributed by atoms with Gasteiger partial charge in [-0.05, 0) is 25.7 Å². The summed E-state index contributed by atoms with van der Waals surface area (Å²) in [6.07, 6.45) is 8.59. The molecule has 2 N–H and O–H groups in total. The molecule has 26 heavy (non-hydrogen) atoms. The van der Waals surface area contributed by atoms with Gasteiger partial charge in [-0.3, -0.25) is 14.5 Å². The van der Waals surface area contributed by atoms with Gasteiger partial charge in [0.05, 0.1) is 17.5 Å². The van der Waals surface area contributed by atoms with Crippen molar-refractivity contribution >= 4 is 17.0 Å². The number of fused-ring (bicyclic) bond motifs is 1. The van der Waals surface area contributed by atoms with Gasteiger partial charge in [-0.2, -0.15) is 10.2 Å². The highest BCUT2D eigenvalue weighted by Gasteiger charge is 2.20. The molecule has 0 amide bonds. The Morgan fingerprint density at radius 2 is 2.12 bits per heavy atom. The standard InChI is InChI=1S/C17H20N6O3/c1-10-13-14(22(21-10)8-11-5-3-2-4-6-11)15(24)20-17(19-13)23-9-12(7-18-23)16(25)26/h7,9,11H,2-6,8H2,1H3,(H,25,26)(H,19,20,24). The number of carboxylic acid groups (broad SMARTS) is 1. The monoisotopic (exact) mass is 356 g/mol. The van der Waals surface area contributed by atoms with E-state index < -0.39 is 5.97 Å². The summed E-state index contributed by atoms with van der Waals surface area (Å²) in [5, 5.41) is 17.5. The van der Waals surface area contributed by atoms with Crippen molar-refractivity contribution in [2.24, 2.45) is 5.92 Å². The van der Waals surface area contributed by atoms with Crippen LogP contribution in [0.3, 0.4) is 0 Å². The summed E-state index contributed by atoms with van der Waals surface area (Å²) >= 11 is 0. The molecule has 0 radical (unpaired) electrons. The van der Waals surface area contributed by atoms with Gasteiger partial charge in [-0.1, -0.05) is 19.3 Å². The van der Waals surface area contributed by atoms with E-state index >= 15 is 0 Å². The molecule has 3 aromatic rings. The number of hydrogen-bond donors (Lipinski definition) is 2. The number of nitrogens with zero attached hydrogens (tertiary/aromatic N) is 5. The first kappa shape index (κ1) is 16.5. The minimum absolute atomic E-state index is 0.0254. The van der Waals surface area contributed by atoms with Crippen LogP contribution in [0.5, 0.6) is 0 Å². The Hall–Kier alpha value is -2.97. The van der Waals surface area contributed by atoms with E-state index in [1.807, 2.05) is 6.92 Å². The molecule has 0 aromatic carbocycles. The van der Waals surface area contributed by atoms with Crippen LogP contribution in [0.4, 0.5) is 0 Å². The number of carbonyl (C=O) groups is 1. The second-order valence-electron chi connectivity index (χ2n) is 6.84. The largest absolute Gasteiger partial charge is 0.478 e. The molecule has 1 aliphatic rings. The predicted octanol–water partition coefficient (Wildman–Crippen LogP) is 1.89. The van der Waals surface area contributed by atoms with Crippen molar-refractivity contribution in [2.45, 2.75) is 45.6 Å². The van der Waals surface area contributed by atoms with Crippen LogP contribution in [0.15, 0.2) is 17.2 Å². The fourth-order valence-electron chi connectivity index (χ4n) is 3.63. The van der Waals surface area contributed by atoms with Crippen LogP contribution < -0.4 is 5.56 Å². The maximum Gasteiger partial charge on any atom is 0.338 e. The van der Waals surface area contributed by atoms with E-state index in [4.69, 9.17) is 5.11 Å². The molecular weight excluding hydrogens is 336 g/mol. The highest BCUT2D eigenvalue weighted by atomic mass is 16.4. The lowest BCUT2D eigenvalue weighted by Gasteiger charge is -2.21. The van der Waals surface area contributed by atoms with Crippen LogP contribution in [-0.2, 0) is 6.54 Å². The van der Waals surface area contributed by atoms with E-state index in [0.29, 0.717) is 22.6 Å². The lowest BCUT2D eigenvalue weighted by molar-refractivity contribution is 0.0697. The minimum atomic E-state index is -1.09. The molecule has 3 aromatic heterocycles. The van der Waals surface area contributed by atoms with Crippen LogP contribution in [0, 0.1) is 12.8 Å². The maximum atomic E-state index is 12.7. The molecule has 1 fully saturated rings. The third-order valence-corrected chi connectivity index (χ3v) is 4.96.